The van der Waals surface area contributed by atoms with Crippen LogP contribution in [-0.2, 0) is 0 Å². The molecule has 98 valence electrons. The fraction of sp³-hybridized carbons (Fsp3) is 0.538. The maximum Gasteiger partial charge on any atom is 0.253 e. The number of aromatic nitrogens is 1. The number of nitrogen functional groups attached to an aromatic ring is 1. The average Bonchev–Trinajstić information content (AvgIpc) is 2.64. The molecule has 0 spiro atoms. The standard InChI is InChI=1S/C13H18ClN3O/c1-12(2)11(13(12,3)4)17-10(18)7-5-9(15)16-6-8(7)14/h5-6,11H,1-4H3,(H2,15,16)(H,17,18). The molecule has 1 amide bonds. The Morgan fingerprint density at radius 1 is 1.39 bits per heavy atom. The van der Waals surface area contributed by atoms with Gasteiger partial charge in [-0.2, -0.15) is 0 Å². The Morgan fingerprint density at radius 2 is 1.94 bits per heavy atom. The third-order valence-corrected chi connectivity index (χ3v) is 4.72. The van der Waals surface area contributed by atoms with Gasteiger partial charge in [-0.25, -0.2) is 4.98 Å². The lowest BCUT2D eigenvalue weighted by Crippen LogP contribution is -2.30. The molecule has 3 N–H and O–H groups in total. The van der Waals surface area contributed by atoms with E-state index in [0.29, 0.717) is 16.4 Å². The first-order valence-corrected chi connectivity index (χ1v) is 6.27. The van der Waals surface area contributed by atoms with Crippen molar-refractivity contribution >= 4 is 23.3 Å². The molecule has 2 rings (SSSR count). The summed E-state index contributed by atoms with van der Waals surface area (Å²) in [5.74, 6) is 0.0941. The quantitative estimate of drug-likeness (QED) is 0.865. The van der Waals surface area contributed by atoms with Gasteiger partial charge in [-0.15, -0.1) is 0 Å². The average molecular weight is 268 g/mol. The monoisotopic (exact) mass is 267 g/mol. The molecule has 1 heterocycles. The molecule has 0 radical (unpaired) electrons. The van der Waals surface area contributed by atoms with Gasteiger partial charge in [0.1, 0.15) is 5.82 Å². The van der Waals surface area contributed by atoms with Crippen molar-refractivity contribution in [2.24, 2.45) is 10.8 Å². The molecule has 5 heteroatoms. The number of carbonyl (C=O) groups is 1. The molecule has 1 aliphatic carbocycles. The second-order valence-electron chi connectivity index (χ2n) is 5.94. The van der Waals surface area contributed by atoms with E-state index in [4.69, 9.17) is 17.3 Å². The molecular weight excluding hydrogens is 250 g/mol. The summed E-state index contributed by atoms with van der Waals surface area (Å²) in [6.07, 6.45) is 1.40. The maximum absolute atomic E-state index is 12.2. The first kappa shape index (κ1) is 13.1. The molecule has 0 bridgehead atoms. The number of amides is 1. The molecular formula is C13H18ClN3O. The van der Waals surface area contributed by atoms with Crippen molar-refractivity contribution in [1.82, 2.24) is 10.3 Å². The fourth-order valence-corrected chi connectivity index (χ4v) is 2.58. The Labute approximate surface area is 112 Å². The Morgan fingerprint density at radius 3 is 2.44 bits per heavy atom. The Kier molecular flexibility index (Phi) is 2.81. The summed E-state index contributed by atoms with van der Waals surface area (Å²) in [4.78, 5) is 16.0. The predicted molar refractivity (Wildman–Crippen MR) is 72.5 cm³/mol. The number of nitrogens with two attached hydrogens (primary N) is 1. The van der Waals surface area contributed by atoms with Crippen LogP contribution in [0.2, 0.25) is 5.02 Å². The number of hydrogen-bond acceptors (Lipinski definition) is 3. The molecule has 1 aromatic rings. The first-order valence-electron chi connectivity index (χ1n) is 5.90. The van der Waals surface area contributed by atoms with Crippen molar-refractivity contribution < 1.29 is 4.79 Å². The fourth-order valence-electron chi connectivity index (χ4n) is 2.39. The van der Waals surface area contributed by atoms with E-state index < -0.39 is 0 Å². The first-order chi connectivity index (χ1) is 8.18. The van der Waals surface area contributed by atoms with Crippen LogP contribution >= 0.6 is 11.6 Å². The topological polar surface area (TPSA) is 68.0 Å². The van der Waals surface area contributed by atoms with E-state index in [0.717, 1.165) is 0 Å². The lowest BCUT2D eigenvalue weighted by atomic mass is 10.0. The zero-order chi connectivity index (χ0) is 13.7. The molecule has 1 aliphatic rings. The summed E-state index contributed by atoms with van der Waals surface area (Å²) in [7, 11) is 0. The van der Waals surface area contributed by atoms with Crippen LogP contribution in [-0.4, -0.2) is 16.9 Å². The Hall–Kier alpha value is -1.29. The number of nitrogens with one attached hydrogen (secondary N) is 1. The van der Waals surface area contributed by atoms with Crippen LogP contribution in [0.15, 0.2) is 12.3 Å². The number of carbonyl (C=O) groups excluding carboxylic acids is 1. The lowest BCUT2D eigenvalue weighted by molar-refractivity contribution is 0.0943. The molecule has 1 saturated carbocycles. The number of nitrogens with zero attached hydrogens (tertiary/aromatic N) is 1. The van der Waals surface area contributed by atoms with Gasteiger partial charge < -0.3 is 11.1 Å². The summed E-state index contributed by atoms with van der Waals surface area (Å²) in [5.41, 5.74) is 6.13. The van der Waals surface area contributed by atoms with E-state index >= 15 is 0 Å². The maximum atomic E-state index is 12.2. The van der Waals surface area contributed by atoms with E-state index in [1.807, 2.05) is 0 Å². The van der Waals surface area contributed by atoms with Gasteiger partial charge >= 0.3 is 0 Å². The summed E-state index contributed by atoms with van der Waals surface area (Å²) < 4.78 is 0. The molecule has 1 aromatic heterocycles. The van der Waals surface area contributed by atoms with Crippen molar-refractivity contribution in [2.45, 2.75) is 33.7 Å². The number of halogens is 1. The van der Waals surface area contributed by atoms with Gasteiger partial charge in [-0.1, -0.05) is 39.3 Å². The smallest absolute Gasteiger partial charge is 0.253 e. The van der Waals surface area contributed by atoms with Crippen molar-refractivity contribution in [3.8, 4) is 0 Å². The molecule has 0 aliphatic heterocycles. The van der Waals surface area contributed by atoms with Crippen LogP contribution in [0, 0.1) is 10.8 Å². The highest BCUT2D eigenvalue weighted by molar-refractivity contribution is 6.33. The highest BCUT2D eigenvalue weighted by Crippen LogP contribution is 2.62. The molecule has 4 nitrogen and oxygen atoms in total. The van der Waals surface area contributed by atoms with Gasteiger partial charge in [-0.3, -0.25) is 4.79 Å². The van der Waals surface area contributed by atoms with E-state index in [1.165, 1.54) is 12.3 Å². The van der Waals surface area contributed by atoms with E-state index in [-0.39, 0.29) is 22.8 Å². The Bertz CT molecular complexity index is 497. The Balaban J connectivity index is 2.17. The van der Waals surface area contributed by atoms with Crippen LogP contribution in [0.4, 0.5) is 5.82 Å². The van der Waals surface area contributed by atoms with Crippen LogP contribution in [0.1, 0.15) is 38.1 Å². The van der Waals surface area contributed by atoms with Gasteiger partial charge in [0, 0.05) is 12.2 Å². The van der Waals surface area contributed by atoms with Crippen LogP contribution in [0.3, 0.4) is 0 Å². The van der Waals surface area contributed by atoms with Crippen molar-refractivity contribution in [3.05, 3.63) is 22.8 Å². The second kappa shape index (κ2) is 3.85. The lowest BCUT2D eigenvalue weighted by Gasteiger charge is -2.08. The highest BCUT2D eigenvalue weighted by atomic mass is 35.5. The summed E-state index contributed by atoms with van der Waals surface area (Å²) in [6, 6.07) is 1.64. The minimum absolute atomic E-state index is 0.0910. The van der Waals surface area contributed by atoms with Gasteiger partial charge in [0.2, 0.25) is 0 Å². The number of hydrogen-bond donors (Lipinski definition) is 2. The minimum atomic E-state index is -0.197. The summed E-state index contributed by atoms with van der Waals surface area (Å²) in [6.45, 7) is 8.56. The normalized spacial score (nSPS) is 20.5. The van der Waals surface area contributed by atoms with Crippen molar-refractivity contribution in [2.75, 3.05) is 5.73 Å². The van der Waals surface area contributed by atoms with Crippen LogP contribution in [0.25, 0.3) is 0 Å². The van der Waals surface area contributed by atoms with Gasteiger partial charge in [0.25, 0.3) is 5.91 Å². The summed E-state index contributed by atoms with van der Waals surface area (Å²) >= 11 is 5.96. The molecule has 0 unspecified atom stereocenters. The molecule has 0 saturated heterocycles. The zero-order valence-electron chi connectivity index (χ0n) is 11.0. The molecule has 18 heavy (non-hydrogen) atoms. The molecule has 0 atom stereocenters. The zero-order valence-corrected chi connectivity index (χ0v) is 11.8. The van der Waals surface area contributed by atoms with E-state index in [9.17, 15) is 4.79 Å². The summed E-state index contributed by atoms with van der Waals surface area (Å²) in [5, 5.41) is 3.33. The van der Waals surface area contributed by atoms with Gasteiger partial charge in [-0.05, 0) is 16.9 Å². The number of rotatable bonds is 2. The van der Waals surface area contributed by atoms with Gasteiger partial charge in [0.15, 0.2) is 0 Å². The van der Waals surface area contributed by atoms with Crippen LogP contribution < -0.4 is 11.1 Å². The van der Waals surface area contributed by atoms with Gasteiger partial charge in [0.05, 0.1) is 10.6 Å². The van der Waals surface area contributed by atoms with Crippen molar-refractivity contribution in [1.29, 1.82) is 0 Å². The second-order valence-corrected chi connectivity index (χ2v) is 6.35. The molecule has 0 aromatic carbocycles. The third-order valence-electron chi connectivity index (χ3n) is 4.42. The third kappa shape index (κ3) is 1.85. The van der Waals surface area contributed by atoms with Crippen molar-refractivity contribution in [3.63, 3.8) is 0 Å². The van der Waals surface area contributed by atoms with E-state index in [2.05, 4.69) is 38.0 Å². The highest BCUT2D eigenvalue weighted by Gasteiger charge is 2.65. The number of anilines is 1. The largest absolute Gasteiger partial charge is 0.384 e. The van der Waals surface area contributed by atoms with E-state index in [1.54, 1.807) is 0 Å². The minimum Gasteiger partial charge on any atom is -0.384 e. The molecule has 1 fully saturated rings. The SMILES string of the molecule is CC1(C)C(NC(=O)c2cc(N)ncc2Cl)C1(C)C. The predicted octanol–water partition coefficient (Wildman–Crippen LogP) is 2.48. The van der Waals surface area contributed by atoms with Crippen LogP contribution in [0.5, 0.6) is 0 Å². The number of pyridine rings is 1.